The van der Waals surface area contributed by atoms with Gasteiger partial charge in [0.15, 0.2) is 0 Å². The SMILES string of the molecule is CCN1CCN(Cc2ccc(NC(=O)CS(=O)(=O)Nc3ccc(OC(C)C)cc3)cc2)CC1. The maximum atomic E-state index is 12.4. The van der Waals surface area contributed by atoms with E-state index in [1.54, 1.807) is 24.3 Å². The zero-order valence-electron chi connectivity index (χ0n) is 19.6. The van der Waals surface area contributed by atoms with Crippen molar-refractivity contribution in [3.8, 4) is 5.75 Å². The molecular formula is C24H34N4O4S. The number of nitrogens with one attached hydrogen (secondary N) is 2. The van der Waals surface area contributed by atoms with Crippen LogP contribution in [0.5, 0.6) is 5.75 Å². The molecule has 0 aromatic heterocycles. The third kappa shape index (κ3) is 8.34. The van der Waals surface area contributed by atoms with Gasteiger partial charge in [-0.1, -0.05) is 19.1 Å². The quantitative estimate of drug-likeness (QED) is 0.550. The normalized spacial score (nSPS) is 15.4. The van der Waals surface area contributed by atoms with Crippen LogP contribution in [0, 0.1) is 0 Å². The zero-order chi connectivity index (χ0) is 23.8. The molecule has 0 unspecified atom stereocenters. The van der Waals surface area contributed by atoms with Gasteiger partial charge < -0.3 is 15.0 Å². The predicted molar refractivity (Wildman–Crippen MR) is 132 cm³/mol. The summed E-state index contributed by atoms with van der Waals surface area (Å²) in [5.74, 6) is -0.608. The van der Waals surface area contributed by atoms with Crippen molar-refractivity contribution in [3.63, 3.8) is 0 Å². The number of nitrogens with zero attached hydrogens (tertiary/aromatic N) is 2. The van der Waals surface area contributed by atoms with Crippen LogP contribution in [-0.2, 0) is 21.4 Å². The van der Waals surface area contributed by atoms with E-state index >= 15 is 0 Å². The molecule has 0 saturated carbocycles. The molecule has 8 nitrogen and oxygen atoms in total. The molecule has 9 heteroatoms. The Hall–Kier alpha value is -2.62. The van der Waals surface area contributed by atoms with Crippen LogP contribution in [0.15, 0.2) is 48.5 Å². The van der Waals surface area contributed by atoms with E-state index in [0.29, 0.717) is 17.1 Å². The van der Waals surface area contributed by atoms with Crippen molar-refractivity contribution in [1.29, 1.82) is 0 Å². The van der Waals surface area contributed by atoms with Gasteiger partial charge in [-0.25, -0.2) is 8.42 Å². The number of ether oxygens (including phenoxy) is 1. The summed E-state index contributed by atoms with van der Waals surface area (Å²) in [6, 6.07) is 14.1. The van der Waals surface area contributed by atoms with Gasteiger partial charge in [-0.05, 0) is 62.4 Å². The highest BCUT2D eigenvalue weighted by atomic mass is 32.2. The molecule has 180 valence electrons. The first kappa shape index (κ1) is 25.0. The second-order valence-corrected chi connectivity index (χ2v) is 10.2. The van der Waals surface area contributed by atoms with Crippen molar-refractivity contribution in [2.45, 2.75) is 33.4 Å². The number of piperazine rings is 1. The average molecular weight is 475 g/mol. The number of hydrogen-bond donors (Lipinski definition) is 2. The largest absolute Gasteiger partial charge is 0.491 e. The minimum Gasteiger partial charge on any atom is -0.491 e. The van der Waals surface area contributed by atoms with Crippen molar-refractivity contribution in [2.75, 3.05) is 48.5 Å². The zero-order valence-corrected chi connectivity index (χ0v) is 20.4. The Bertz CT molecular complexity index is 1000. The Morgan fingerprint density at radius 1 is 0.939 bits per heavy atom. The number of rotatable bonds is 10. The molecule has 0 spiro atoms. The molecule has 0 radical (unpaired) electrons. The molecule has 1 heterocycles. The van der Waals surface area contributed by atoms with Crippen molar-refractivity contribution >= 4 is 27.3 Å². The summed E-state index contributed by atoms with van der Waals surface area (Å²) in [5, 5.41) is 2.66. The molecule has 0 bridgehead atoms. The van der Waals surface area contributed by atoms with E-state index in [9.17, 15) is 13.2 Å². The van der Waals surface area contributed by atoms with Gasteiger partial charge in [0.25, 0.3) is 0 Å². The molecule has 2 N–H and O–H groups in total. The molecule has 0 atom stereocenters. The molecule has 0 aliphatic carbocycles. The van der Waals surface area contributed by atoms with E-state index in [-0.39, 0.29) is 6.10 Å². The summed E-state index contributed by atoms with van der Waals surface area (Å²) in [6.07, 6.45) is 0.0295. The number of hydrogen-bond acceptors (Lipinski definition) is 6. The van der Waals surface area contributed by atoms with Crippen LogP contribution in [0.25, 0.3) is 0 Å². The van der Waals surface area contributed by atoms with Crippen molar-refractivity contribution in [2.24, 2.45) is 0 Å². The average Bonchev–Trinajstić information content (AvgIpc) is 2.76. The fraction of sp³-hybridized carbons (Fsp3) is 0.458. The first-order valence-corrected chi connectivity index (χ1v) is 13.0. The van der Waals surface area contributed by atoms with Crippen LogP contribution in [0.3, 0.4) is 0 Å². The fourth-order valence-corrected chi connectivity index (χ4v) is 4.66. The number of anilines is 2. The molecule has 2 aromatic carbocycles. The van der Waals surface area contributed by atoms with Crippen LogP contribution in [0.4, 0.5) is 11.4 Å². The van der Waals surface area contributed by atoms with E-state index < -0.39 is 21.7 Å². The number of likely N-dealkylation sites (N-methyl/N-ethyl adjacent to an activating group) is 1. The van der Waals surface area contributed by atoms with E-state index in [0.717, 1.165) is 44.8 Å². The van der Waals surface area contributed by atoms with E-state index in [1.165, 1.54) is 0 Å². The Morgan fingerprint density at radius 2 is 1.52 bits per heavy atom. The number of sulfonamides is 1. The lowest BCUT2D eigenvalue weighted by molar-refractivity contribution is -0.113. The van der Waals surface area contributed by atoms with Crippen molar-refractivity contribution < 1.29 is 17.9 Å². The Balaban J connectivity index is 1.47. The van der Waals surface area contributed by atoms with Crippen LogP contribution < -0.4 is 14.8 Å². The van der Waals surface area contributed by atoms with E-state index in [2.05, 4.69) is 26.8 Å². The predicted octanol–water partition coefficient (Wildman–Crippen LogP) is 2.99. The smallest absolute Gasteiger partial charge is 0.241 e. The molecule has 1 fully saturated rings. The minimum absolute atomic E-state index is 0.0295. The Labute approximate surface area is 197 Å². The highest BCUT2D eigenvalue weighted by Gasteiger charge is 2.18. The fourth-order valence-electron chi connectivity index (χ4n) is 3.67. The second kappa shape index (κ2) is 11.5. The third-order valence-electron chi connectivity index (χ3n) is 5.38. The molecule has 2 aromatic rings. The maximum Gasteiger partial charge on any atom is 0.241 e. The molecule has 1 amide bonds. The van der Waals surface area contributed by atoms with Gasteiger partial charge in [-0.3, -0.25) is 14.4 Å². The molecule has 1 saturated heterocycles. The summed E-state index contributed by atoms with van der Waals surface area (Å²) in [4.78, 5) is 17.1. The molecular weight excluding hydrogens is 440 g/mol. The lowest BCUT2D eigenvalue weighted by atomic mass is 10.1. The number of carbonyl (C=O) groups excluding carboxylic acids is 1. The summed E-state index contributed by atoms with van der Waals surface area (Å²) >= 11 is 0. The van der Waals surface area contributed by atoms with Crippen molar-refractivity contribution in [3.05, 3.63) is 54.1 Å². The highest BCUT2D eigenvalue weighted by Crippen LogP contribution is 2.18. The monoisotopic (exact) mass is 474 g/mol. The van der Waals surface area contributed by atoms with Crippen LogP contribution >= 0.6 is 0 Å². The summed E-state index contributed by atoms with van der Waals surface area (Å²) < 4.78 is 32.7. The van der Waals surface area contributed by atoms with E-state index in [4.69, 9.17) is 4.74 Å². The first-order chi connectivity index (χ1) is 15.7. The molecule has 33 heavy (non-hydrogen) atoms. The van der Waals surface area contributed by atoms with Gasteiger partial charge in [-0.15, -0.1) is 0 Å². The lowest BCUT2D eigenvalue weighted by Gasteiger charge is -2.34. The summed E-state index contributed by atoms with van der Waals surface area (Å²) in [7, 11) is -3.84. The van der Waals surface area contributed by atoms with Crippen LogP contribution in [-0.4, -0.2) is 68.7 Å². The number of benzene rings is 2. The Kier molecular flexibility index (Phi) is 8.71. The van der Waals surface area contributed by atoms with Gasteiger partial charge >= 0.3 is 0 Å². The topological polar surface area (TPSA) is 91.0 Å². The maximum absolute atomic E-state index is 12.4. The highest BCUT2D eigenvalue weighted by molar-refractivity contribution is 7.93. The Morgan fingerprint density at radius 3 is 2.09 bits per heavy atom. The van der Waals surface area contributed by atoms with Gasteiger partial charge in [0.2, 0.25) is 15.9 Å². The molecule has 1 aliphatic rings. The van der Waals surface area contributed by atoms with Gasteiger partial charge in [0.05, 0.1) is 6.10 Å². The number of amides is 1. The third-order valence-corrected chi connectivity index (χ3v) is 6.57. The van der Waals surface area contributed by atoms with Gasteiger partial charge in [0.1, 0.15) is 11.5 Å². The summed E-state index contributed by atoms with van der Waals surface area (Å²) in [5.41, 5.74) is 2.12. The van der Waals surface area contributed by atoms with Crippen LogP contribution in [0.2, 0.25) is 0 Å². The first-order valence-electron chi connectivity index (χ1n) is 11.3. The van der Waals surface area contributed by atoms with Gasteiger partial charge in [-0.2, -0.15) is 0 Å². The number of carbonyl (C=O) groups is 1. The summed E-state index contributed by atoms with van der Waals surface area (Å²) in [6.45, 7) is 12.2. The van der Waals surface area contributed by atoms with Crippen molar-refractivity contribution in [1.82, 2.24) is 9.80 Å². The standard InChI is InChI=1S/C24H34N4O4S/c1-4-27-13-15-28(16-14-27)17-20-5-7-21(8-6-20)25-24(29)18-33(30,31)26-22-9-11-23(12-10-22)32-19(2)3/h5-12,19,26H,4,13-18H2,1-3H3,(H,25,29). The molecule has 1 aliphatic heterocycles. The lowest BCUT2D eigenvalue weighted by Crippen LogP contribution is -2.45. The second-order valence-electron chi connectivity index (χ2n) is 8.51. The molecule has 3 rings (SSSR count). The van der Waals surface area contributed by atoms with E-state index in [1.807, 2.05) is 38.1 Å². The van der Waals surface area contributed by atoms with Gasteiger partial charge in [0, 0.05) is 44.1 Å². The van der Waals surface area contributed by atoms with Crippen LogP contribution in [0.1, 0.15) is 26.3 Å². The minimum atomic E-state index is -3.84.